The zero-order chi connectivity index (χ0) is 12.5. The van der Waals surface area contributed by atoms with E-state index < -0.39 is 5.54 Å². The van der Waals surface area contributed by atoms with Gasteiger partial charge in [0.1, 0.15) is 5.54 Å². The monoisotopic (exact) mass is 240 g/mol. The van der Waals surface area contributed by atoms with Gasteiger partial charge in [-0.3, -0.25) is 4.79 Å². The van der Waals surface area contributed by atoms with Crippen molar-refractivity contribution in [3.63, 3.8) is 0 Å². The van der Waals surface area contributed by atoms with Crippen LogP contribution in [0.4, 0.5) is 0 Å². The van der Waals surface area contributed by atoms with E-state index in [1.54, 1.807) is 0 Å². The highest BCUT2D eigenvalue weighted by molar-refractivity contribution is 5.81. The van der Waals surface area contributed by atoms with Crippen molar-refractivity contribution in [2.45, 2.75) is 62.6 Å². The van der Waals surface area contributed by atoms with Gasteiger partial charge in [0.2, 0.25) is 0 Å². The summed E-state index contributed by atoms with van der Waals surface area (Å²) in [6.07, 6.45) is 7.78. The molecule has 2 rings (SSSR count). The Kier molecular flexibility index (Phi) is 3.73. The highest BCUT2D eigenvalue weighted by Crippen LogP contribution is 2.35. The summed E-state index contributed by atoms with van der Waals surface area (Å²) >= 11 is 0. The van der Waals surface area contributed by atoms with Crippen molar-refractivity contribution in [3.8, 4) is 0 Å². The molecule has 98 valence electrons. The Bertz CT molecular complexity index is 289. The van der Waals surface area contributed by atoms with Gasteiger partial charge in [-0.05, 0) is 39.2 Å². The van der Waals surface area contributed by atoms with E-state index in [0.717, 1.165) is 19.3 Å². The van der Waals surface area contributed by atoms with Crippen molar-refractivity contribution in [1.82, 2.24) is 4.90 Å². The Hall–Kier alpha value is -0.610. The van der Waals surface area contributed by atoms with Crippen LogP contribution in [0, 0.1) is 0 Å². The minimum Gasteiger partial charge on any atom is -0.468 e. The number of hydrogen-bond acceptors (Lipinski definition) is 4. The van der Waals surface area contributed by atoms with Crippen molar-refractivity contribution in [2.24, 2.45) is 5.73 Å². The van der Waals surface area contributed by atoms with Crippen molar-refractivity contribution < 1.29 is 9.53 Å². The molecule has 0 radical (unpaired) electrons. The largest absolute Gasteiger partial charge is 0.468 e. The Morgan fingerprint density at radius 1 is 1.29 bits per heavy atom. The van der Waals surface area contributed by atoms with E-state index in [2.05, 4.69) is 11.9 Å². The second-order valence-electron chi connectivity index (χ2n) is 5.65. The zero-order valence-electron chi connectivity index (χ0n) is 10.9. The van der Waals surface area contributed by atoms with E-state index >= 15 is 0 Å². The number of nitrogens with two attached hydrogens (primary N) is 1. The fourth-order valence-electron chi connectivity index (χ4n) is 3.39. The summed E-state index contributed by atoms with van der Waals surface area (Å²) in [5.41, 5.74) is 5.40. The maximum absolute atomic E-state index is 11.7. The molecule has 2 unspecified atom stereocenters. The lowest BCUT2D eigenvalue weighted by atomic mass is 9.99. The molecule has 2 aliphatic carbocycles. The molecule has 2 N–H and O–H groups in total. The van der Waals surface area contributed by atoms with Gasteiger partial charge in [0.15, 0.2) is 0 Å². The van der Waals surface area contributed by atoms with Gasteiger partial charge in [0.25, 0.3) is 0 Å². The molecular formula is C13H24N2O2. The van der Waals surface area contributed by atoms with Crippen molar-refractivity contribution >= 4 is 5.97 Å². The summed E-state index contributed by atoms with van der Waals surface area (Å²) < 4.78 is 4.81. The zero-order valence-corrected chi connectivity index (χ0v) is 10.9. The van der Waals surface area contributed by atoms with E-state index in [1.165, 1.54) is 32.8 Å². The predicted octanol–water partition coefficient (Wildman–Crippen LogP) is 1.28. The lowest BCUT2D eigenvalue weighted by Crippen LogP contribution is -2.48. The quantitative estimate of drug-likeness (QED) is 0.755. The minimum atomic E-state index is -0.744. The third-order valence-electron chi connectivity index (χ3n) is 4.59. The highest BCUT2D eigenvalue weighted by Gasteiger charge is 2.45. The third kappa shape index (κ3) is 2.47. The number of carbonyl (C=O) groups is 1. The van der Waals surface area contributed by atoms with Crippen LogP contribution in [0.5, 0.6) is 0 Å². The number of methoxy groups -OCH3 is 1. The highest BCUT2D eigenvalue weighted by atomic mass is 16.5. The molecule has 0 amide bonds. The van der Waals surface area contributed by atoms with Crippen molar-refractivity contribution in [1.29, 1.82) is 0 Å². The molecule has 4 heteroatoms. The Labute approximate surface area is 103 Å². The maximum atomic E-state index is 11.7. The van der Waals surface area contributed by atoms with Crippen molar-refractivity contribution in [3.05, 3.63) is 0 Å². The number of ether oxygens (including phenoxy) is 1. The standard InChI is InChI=1S/C13H24N2O2/c1-15(10-5-3-4-6-10)11-7-8-13(14,9-11)12(16)17-2/h10-11H,3-9,14H2,1-2H3. The topological polar surface area (TPSA) is 55.6 Å². The third-order valence-corrected chi connectivity index (χ3v) is 4.59. The molecule has 2 fully saturated rings. The van der Waals surface area contributed by atoms with E-state index in [-0.39, 0.29) is 5.97 Å². The molecule has 0 saturated heterocycles. The molecule has 0 bridgehead atoms. The first-order valence-corrected chi connectivity index (χ1v) is 6.66. The van der Waals surface area contributed by atoms with Crippen LogP contribution in [0.1, 0.15) is 44.9 Å². The SMILES string of the molecule is COC(=O)C1(N)CCC(N(C)C2CCCC2)C1. The molecule has 2 atom stereocenters. The molecule has 0 aromatic heterocycles. The van der Waals surface area contributed by atoms with Gasteiger partial charge in [0.05, 0.1) is 7.11 Å². The van der Waals surface area contributed by atoms with Crippen LogP contribution in [0.25, 0.3) is 0 Å². The number of hydrogen-bond donors (Lipinski definition) is 1. The van der Waals surface area contributed by atoms with E-state index in [1.807, 2.05) is 0 Å². The molecule has 0 spiro atoms. The first kappa shape index (κ1) is 12.8. The van der Waals surface area contributed by atoms with Gasteiger partial charge in [-0.2, -0.15) is 0 Å². The summed E-state index contributed by atoms with van der Waals surface area (Å²) in [6, 6.07) is 1.14. The first-order chi connectivity index (χ1) is 8.07. The van der Waals surface area contributed by atoms with E-state index in [0.29, 0.717) is 12.1 Å². The van der Waals surface area contributed by atoms with Gasteiger partial charge in [-0.25, -0.2) is 0 Å². The average molecular weight is 240 g/mol. The normalized spacial score (nSPS) is 34.5. The van der Waals surface area contributed by atoms with Gasteiger partial charge < -0.3 is 15.4 Å². The number of carbonyl (C=O) groups excluding carboxylic acids is 1. The van der Waals surface area contributed by atoms with Crippen LogP contribution in [0.3, 0.4) is 0 Å². The van der Waals surface area contributed by atoms with Crippen molar-refractivity contribution in [2.75, 3.05) is 14.2 Å². The molecule has 0 aromatic rings. The summed E-state index contributed by atoms with van der Waals surface area (Å²) in [6.45, 7) is 0. The van der Waals surface area contributed by atoms with E-state index in [4.69, 9.17) is 10.5 Å². The second-order valence-corrected chi connectivity index (χ2v) is 5.65. The molecule has 2 saturated carbocycles. The Morgan fingerprint density at radius 3 is 2.53 bits per heavy atom. The summed E-state index contributed by atoms with van der Waals surface area (Å²) in [7, 11) is 3.61. The number of rotatable bonds is 3. The Balaban J connectivity index is 1.94. The lowest BCUT2D eigenvalue weighted by Gasteiger charge is -2.31. The molecule has 0 aliphatic heterocycles. The average Bonchev–Trinajstić information content (AvgIpc) is 2.96. The second kappa shape index (κ2) is 4.94. The fourth-order valence-corrected chi connectivity index (χ4v) is 3.39. The fraction of sp³-hybridized carbons (Fsp3) is 0.923. The minimum absolute atomic E-state index is 0.250. The molecule has 17 heavy (non-hydrogen) atoms. The molecule has 4 nitrogen and oxygen atoms in total. The lowest BCUT2D eigenvalue weighted by molar-refractivity contribution is -0.147. The summed E-state index contributed by atoms with van der Waals surface area (Å²) in [5.74, 6) is -0.250. The van der Waals surface area contributed by atoms with Crippen LogP contribution in [0.2, 0.25) is 0 Å². The number of esters is 1. The van der Waals surface area contributed by atoms with Crippen LogP contribution in [-0.4, -0.2) is 42.6 Å². The van der Waals surface area contributed by atoms with Crippen LogP contribution in [-0.2, 0) is 9.53 Å². The van der Waals surface area contributed by atoms with Gasteiger partial charge in [-0.15, -0.1) is 0 Å². The van der Waals surface area contributed by atoms with Gasteiger partial charge >= 0.3 is 5.97 Å². The number of nitrogens with zero attached hydrogens (tertiary/aromatic N) is 1. The van der Waals surface area contributed by atoms with Crippen LogP contribution in [0.15, 0.2) is 0 Å². The van der Waals surface area contributed by atoms with Crippen LogP contribution < -0.4 is 5.73 Å². The molecule has 0 aromatic carbocycles. The van der Waals surface area contributed by atoms with Crippen LogP contribution >= 0.6 is 0 Å². The maximum Gasteiger partial charge on any atom is 0.325 e. The molecule has 2 aliphatic rings. The Morgan fingerprint density at radius 2 is 1.94 bits per heavy atom. The first-order valence-electron chi connectivity index (χ1n) is 6.66. The smallest absolute Gasteiger partial charge is 0.325 e. The molecule has 0 heterocycles. The van der Waals surface area contributed by atoms with Gasteiger partial charge in [0, 0.05) is 12.1 Å². The van der Waals surface area contributed by atoms with E-state index in [9.17, 15) is 4.79 Å². The summed E-state index contributed by atoms with van der Waals surface area (Å²) in [4.78, 5) is 14.1. The molecular weight excluding hydrogens is 216 g/mol. The predicted molar refractivity (Wildman–Crippen MR) is 66.6 cm³/mol. The van der Waals surface area contributed by atoms with Gasteiger partial charge in [-0.1, -0.05) is 12.8 Å². The summed E-state index contributed by atoms with van der Waals surface area (Å²) in [5, 5.41) is 0.